The van der Waals surface area contributed by atoms with Crippen LogP contribution in [0, 0.1) is 5.82 Å². The number of methoxy groups -OCH3 is 1. The lowest BCUT2D eigenvalue weighted by Gasteiger charge is -2.26. The molecule has 1 aliphatic rings. The van der Waals surface area contributed by atoms with Crippen molar-refractivity contribution in [2.75, 3.05) is 20.3 Å². The van der Waals surface area contributed by atoms with E-state index in [0.29, 0.717) is 64.9 Å². The molecule has 0 radical (unpaired) electrons. The second kappa shape index (κ2) is 14.9. The summed E-state index contributed by atoms with van der Waals surface area (Å²) in [6.45, 7) is 8.28. The van der Waals surface area contributed by atoms with Gasteiger partial charge in [0.2, 0.25) is 0 Å². The van der Waals surface area contributed by atoms with Gasteiger partial charge in [0, 0.05) is 11.1 Å². The molecule has 0 aromatic heterocycles. The van der Waals surface area contributed by atoms with Crippen LogP contribution in [0.3, 0.4) is 0 Å². The average molecular weight is 603 g/mol. The molecule has 0 saturated carbocycles. The molecule has 0 atom stereocenters. The molecule has 10 heteroatoms. The van der Waals surface area contributed by atoms with Crippen molar-refractivity contribution in [3.05, 3.63) is 101 Å². The van der Waals surface area contributed by atoms with Gasteiger partial charge in [-0.25, -0.2) is 9.18 Å². The lowest BCUT2D eigenvalue weighted by atomic mass is 10.0. The zero-order valence-electron chi connectivity index (χ0n) is 25.0. The first-order chi connectivity index (χ1) is 21.3. The smallest absolute Gasteiger partial charge is 0.331 e. The summed E-state index contributed by atoms with van der Waals surface area (Å²) >= 11 is 0. The quantitative estimate of drug-likeness (QED) is 0.137. The second-order valence-electron chi connectivity index (χ2n) is 9.86. The Labute approximate surface area is 255 Å². The minimum atomic E-state index is -0.832. The first kappa shape index (κ1) is 31.8. The highest BCUT2D eigenvalue weighted by atomic mass is 19.1. The summed E-state index contributed by atoms with van der Waals surface area (Å²) < 4.78 is 37.2. The summed E-state index contributed by atoms with van der Waals surface area (Å²) in [4.78, 5) is 40.0. The molecule has 0 aliphatic carbocycles. The van der Waals surface area contributed by atoms with E-state index in [1.165, 1.54) is 19.3 Å². The maximum Gasteiger partial charge on any atom is 0.331 e. The van der Waals surface area contributed by atoms with Gasteiger partial charge in [0.25, 0.3) is 11.8 Å². The summed E-state index contributed by atoms with van der Waals surface area (Å²) in [5, 5.41) is 2.25. The Kier molecular flexibility index (Phi) is 10.7. The summed E-state index contributed by atoms with van der Waals surface area (Å²) in [5.41, 5.74) is 1.87. The molecule has 0 bridgehead atoms. The molecule has 4 amide bonds. The number of carbonyl (C=O) groups is 3. The number of hydrogen-bond donors (Lipinski definition) is 1. The third kappa shape index (κ3) is 7.44. The van der Waals surface area contributed by atoms with Crippen molar-refractivity contribution >= 4 is 23.9 Å². The molecule has 3 aromatic carbocycles. The van der Waals surface area contributed by atoms with E-state index < -0.39 is 23.7 Å². The number of barbiturate groups is 1. The zero-order chi connectivity index (χ0) is 31.6. The average Bonchev–Trinajstić information content (AvgIpc) is 3.01. The highest BCUT2D eigenvalue weighted by Gasteiger charge is 2.36. The third-order valence-corrected chi connectivity index (χ3v) is 6.68. The highest BCUT2D eigenvalue weighted by molar-refractivity contribution is 6.31. The molecule has 1 aliphatic heterocycles. The van der Waals surface area contributed by atoms with Crippen LogP contribution in [0.15, 0.2) is 72.8 Å². The lowest BCUT2D eigenvalue weighted by Crippen LogP contribution is -2.53. The molecule has 9 nitrogen and oxygen atoms in total. The van der Waals surface area contributed by atoms with E-state index in [1.807, 2.05) is 6.92 Å². The molecule has 4 rings (SSSR count). The Balaban J connectivity index is 1.65. The van der Waals surface area contributed by atoms with Gasteiger partial charge in [-0.3, -0.25) is 19.8 Å². The van der Waals surface area contributed by atoms with Gasteiger partial charge >= 0.3 is 6.03 Å². The normalized spacial score (nSPS) is 14.0. The van der Waals surface area contributed by atoms with Gasteiger partial charge in [-0.1, -0.05) is 37.3 Å². The minimum absolute atomic E-state index is 0.0359. The predicted octanol–water partition coefficient (Wildman–Crippen LogP) is 5.99. The Hall–Kier alpha value is -5.12. The number of allylic oxidation sites excluding steroid dienone is 1. The minimum Gasteiger partial charge on any atom is -0.493 e. The molecule has 0 spiro atoms. The van der Waals surface area contributed by atoms with Gasteiger partial charge in [0.05, 0.1) is 26.9 Å². The maximum absolute atomic E-state index is 14.2. The predicted molar refractivity (Wildman–Crippen MR) is 163 cm³/mol. The number of benzene rings is 3. The zero-order valence-corrected chi connectivity index (χ0v) is 25.0. The van der Waals surface area contributed by atoms with Crippen LogP contribution in [0.1, 0.15) is 42.5 Å². The number of carbonyl (C=O) groups excluding carboxylic acids is 3. The number of imide groups is 2. The Morgan fingerprint density at radius 1 is 0.932 bits per heavy atom. The van der Waals surface area contributed by atoms with Crippen LogP contribution in [-0.2, 0) is 29.2 Å². The first-order valence-corrected chi connectivity index (χ1v) is 14.2. The topological polar surface area (TPSA) is 103 Å². The van der Waals surface area contributed by atoms with Crippen LogP contribution < -0.4 is 24.3 Å². The van der Waals surface area contributed by atoms with E-state index in [1.54, 1.807) is 61.5 Å². The molecule has 1 N–H and O–H groups in total. The van der Waals surface area contributed by atoms with Crippen LogP contribution in [0.2, 0.25) is 0 Å². The molecule has 230 valence electrons. The van der Waals surface area contributed by atoms with Crippen molar-refractivity contribution in [3.8, 4) is 23.0 Å². The van der Waals surface area contributed by atoms with Crippen molar-refractivity contribution in [3.63, 3.8) is 0 Å². The molecule has 3 aromatic rings. The summed E-state index contributed by atoms with van der Waals surface area (Å²) in [6.07, 6.45) is 4.26. The lowest BCUT2D eigenvalue weighted by molar-refractivity contribution is -0.130. The molecular weight excluding hydrogens is 567 g/mol. The molecule has 0 unspecified atom stereocenters. The van der Waals surface area contributed by atoms with E-state index in [2.05, 4.69) is 11.9 Å². The fraction of sp³-hybridized carbons (Fsp3) is 0.265. The SMILES string of the molecule is C=CCc1cc(/C=C2\C(=O)NC(=O)N(Cc3ccc(OCCC)c(OC)c3)C2=O)cc(OCC)c1OCc1ccccc1F. The van der Waals surface area contributed by atoms with Gasteiger partial charge in [-0.05, 0) is 67.3 Å². The van der Waals surface area contributed by atoms with E-state index >= 15 is 0 Å². The largest absolute Gasteiger partial charge is 0.493 e. The Morgan fingerprint density at radius 2 is 1.73 bits per heavy atom. The van der Waals surface area contributed by atoms with Crippen molar-refractivity contribution < 1.29 is 37.7 Å². The van der Waals surface area contributed by atoms with E-state index in [9.17, 15) is 18.8 Å². The van der Waals surface area contributed by atoms with Crippen LogP contribution in [0.4, 0.5) is 9.18 Å². The fourth-order valence-corrected chi connectivity index (χ4v) is 4.59. The maximum atomic E-state index is 14.2. The molecule has 44 heavy (non-hydrogen) atoms. The molecule has 1 fully saturated rings. The summed E-state index contributed by atoms with van der Waals surface area (Å²) in [5.74, 6) is -0.212. The molecule has 1 heterocycles. The van der Waals surface area contributed by atoms with Crippen molar-refractivity contribution in [2.24, 2.45) is 0 Å². The third-order valence-electron chi connectivity index (χ3n) is 6.68. The number of rotatable bonds is 14. The number of hydrogen-bond acceptors (Lipinski definition) is 7. The van der Waals surface area contributed by atoms with E-state index in [-0.39, 0.29) is 18.7 Å². The summed E-state index contributed by atoms with van der Waals surface area (Å²) in [6, 6.07) is 14.0. The van der Waals surface area contributed by atoms with Gasteiger partial charge < -0.3 is 18.9 Å². The van der Waals surface area contributed by atoms with Crippen LogP contribution in [0.25, 0.3) is 6.08 Å². The van der Waals surface area contributed by atoms with Gasteiger partial charge in [0.1, 0.15) is 18.0 Å². The number of nitrogens with one attached hydrogen (secondary N) is 1. The van der Waals surface area contributed by atoms with Gasteiger partial charge in [-0.2, -0.15) is 0 Å². The number of amides is 4. The van der Waals surface area contributed by atoms with Crippen molar-refractivity contribution in [1.29, 1.82) is 0 Å². The van der Waals surface area contributed by atoms with Crippen LogP contribution in [-0.4, -0.2) is 43.1 Å². The molecule has 1 saturated heterocycles. The summed E-state index contributed by atoms with van der Waals surface area (Å²) in [7, 11) is 1.50. The van der Waals surface area contributed by atoms with Crippen molar-refractivity contribution in [1.82, 2.24) is 10.2 Å². The Bertz CT molecular complexity index is 1580. The molecular formula is C34H35FN2O7. The number of urea groups is 1. The number of ether oxygens (including phenoxy) is 4. The van der Waals surface area contributed by atoms with Gasteiger partial charge in [-0.15, -0.1) is 6.58 Å². The van der Waals surface area contributed by atoms with E-state index in [0.717, 1.165) is 11.3 Å². The first-order valence-electron chi connectivity index (χ1n) is 14.2. The van der Waals surface area contributed by atoms with Crippen molar-refractivity contribution in [2.45, 2.75) is 39.8 Å². The van der Waals surface area contributed by atoms with Crippen LogP contribution >= 0.6 is 0 Å². The van der Waals surface area contributed by atoms with Crippen LogP contribution in [0.5, 0.6) is 23.0 Å². The fourth-order valence-electron chi connectivity index (χ4n) is 4.59. The number of halogens is 1. The van der Waals surface area contributed by atoms with Gasteiger partial charge in [0.15, 0.2) is 23.0 Å². The van der Waals surface area contributed by atoms with E-state index in [4.69, 9.17) is 18.9 Å². The number of nitrogens with zero attached hydrogens (tertiary/aromatic N) is 1. The Morgan fingerprint density at radius 3 is 2.43 bits per heavy atom. The standard InChI is InChI=1S/C34H35FN2O7/c1-5-10-24-16-23(19-30(42-7-3)31(24)44-21-25-11-8-9-12-27(25)35)17-26-32(38)36-34(40)37(33(26)39)20-22-13-14-28(43-15-6-2)29(18-22)41-4/h5,8-9,11-14,16-19H,1,6-7,10,15,20-21H2,2-4H3,(H,36,38,40)/b26-17+. The highest BCUT2D eigenvalue weighted by Crippen LogP contribution is 2.36. The second-order valence-corrected chi connectivity index (χ2v) is 9.86. The monoisotopic (exact) mass is 602 g/mol.